The second-order valence-electron chi connectivity index (χ2n) is 6.20. The first kappa shape index (κ1) is 16.6. The van der Waals surface area contributed by atoms with Crippen LogP contribution in [-0.2, 0) is 6.42 Å². The molecular weight excluding hydrogens is 296 g/mol. The van der Waals surface area contributed by atoms with Crippen LogP contribution in [0.1, 0.15) is 30.9 Å². The number of H-pyrrole nitrogens is 1. The molecule has 0 saturated heterocycles. The van der Waals surface area contributed by atoms with E-state index < -0.39 is 0 Å². The Morgan fingerprint density at radius 1 is 1.08 bits per heavy atom. The van der Waals surface area contributed by atoms with Gasteiger partial charge in [0.25, 0.3) is 0 Å². The molecule has 3 nitrogen and oxygen atoms in total. The minimum atomic E-state index is 0.666. The number of para-hydroxylation sites is 1. The molecule has 0 unspecified atom stereocenters. The van der Waals surface area contributed by atoms with Crippen LogP contribution in [0.3, 0.4) is 0 Å². The van der Waals surface area contributed by atoms with Gasteiger partial charge in [-0.1, -0.05) is 23.8 Å². The van der Waals surface area contributed by atoms with Gasteiger partial charge in [0.05, 0.1) is 12.3 Å². The van der Waals surface area contributed by atoms with Crippen LogP contribution in [-0.4, -0.2) is 18.1 Å². The lowest BCUT2D eigenvalue weighted by Gasteiger charge is -2.11. The number of ether oxygens (including phenoxy) is 1. The Hall–Kier alpha value is -2.26. The molecule has 0 aliphatic rings. The normalized spacial score (nSPS) is 11.1. The lowest BCUT2D eigenvalue weighted by Crippen LogP contribution is -2.00. The summed E-state index contributed by atoms with van der Waals surface area (Å²) in [5, 5.41) is 1.31. The fourth-order valence-corrected chi connectivity index (χ4v) is 3.25. The molecule has 0 radical (unpaired) electrons. The first-order valence-electron chi connectivity index (χ1n) is 8.78. The number of nitrogens with two attached hydrogens (primary N) is 1. The van der Waals surface area contributed by atoms with Gasteiger partial charge >= 0.3 is 0 Å². The molecular formula is C21H26N2O. The van der Waals surface area contributed by atoms with Crippen molar-refractivity contribution in [2.45, 2.75) is 33.1 Å². The van der Waals surface area contributed by atoms with E-state index in [4.69, 9.17) is 10.5 Å². The number of rotatable bonds is 7. The summed E-state index contributed by atoms with van der Waals surface area (Å²) in [6.45, 7) is 5.57. The molecule has 1 aromatic heterocycles. The number of aromatic amines is 1. The van der Waals surface area contributed by atoms with Gasteiger partial charge in [-0.3, -0.25) is 0 Å². The molecule has 0 amide bonds. The molecule has 0 spiro atoms. The van der Waals surface area contributed by atoms with Crippen molar-refractivity contribution < 1.29 is 4.74 Å². The van der Waals surface area contributed by atoms with Crippen LogP contribution < -0.4 is 10.5 Å². The van der Waals surface area contributed by atoms with Crippen molar-refractivity contribution in [1.29, 1.82) is 0 Å². The predicted molar refractivity (Wildman–Crippen MR) is 102 cm³/mol. The smallest absolute Gasteiger partial charge is 0.128 e. The standard InChI is InChI=1S/C21H26N2O/c1-3-24-20-10-5-4-9-17(20)21-16(8-6-7-13-22)18-14-15(2)11-12-19(18)23-21/h4-5,9-12,14,23H,3,6-8,13,22H2,1-2H3. The number of aryl methyl sites for hydroxylation is 2. The maximum atomic E-state index is 5.85. The second-order valence-corrected chi connectivity index (χ2v) is 6.20. The molecule has 1 heterocycles. The van der Waals surface area contributed by atoms with Crippen molar-refractivity contribution in [2.24, 2.45) is 5.73 Å². The van der Waals surface area contributed by atoms with Gasteiger partial charge in [-0.15, -0.1) is 0 Å². The molecule has 2 aromatic carbocycles. The van der Waals surface area contributed by atoms with Crippen molar-refractivity contribution >= 4 is 10.9 Å². The van der Waals surface area contributed by atoms with Crippen molar-refractivity contribution in [3.05, 3.63) is 53.6 Å². The third-order valence-electron chi connectivity index (χ3n) is 4.40. The predicted octanol–water partition coefficient (Wildman–Crippen LogP) is 4.82. The summed E-state index contributed by atoms with van der Waals surface area (Å²) in [5.41, 5.74) is 11.8. The van der Waals surface area contributed by atoms with Gasteiger partial charge in [-0.05, 0) is 69.5 Å². The third kappa shape index (κ3) is 3.31. The Labute approximate surface area is 143 Å². The minimum absolute atomic E-state index is 0.666. The minimum Gasteiger partial charge on any atom is -0.493 e. The van der Waals surface area contributed by atoms with Gasteiger partial charge < -0.3 is 15.5 Å². The molecule has 24 heavy (non-hydrogen) atoms. The van der Waals surface area contributed by atoms with Gasteiger partial charge in [-0.25, -0.2) is 0 Å². The van der Waals surface area contributed by atoms with E-state index in [9.17, 15) is 0 Å². The summed E-state index contributed by atoms with van der Waals surface area (Å²) >= 11 is 0. The van der Waals surface area contributed by atoms with E-state index in [1.165, 1.54) is 27.7 Å². The van der Waals surface area contributed by atoms with E-state index in [2.05, 4.69) is 42.2 Å². The lowest BCUT2D eigenvalue weighted by atomic mass is 9.99. The number of unbranched alkanes of at least 4 members (excludes halogenated alkanes) is 1. The van der Waals surface area contributed by atoms with Gasteiger partial charge in [0.1, 0.15) is 5.75 Å². The molecule has 0 bridgehead atoms. The molecule has 126 valence electrons. The second kappa shape index (κ2) is 7.54. The Kier molecular flexibility index (Phi) is 5.21. The number of fused-ring (bicyclic) bond motifs is 1. The van der Waals surface area contributed by atoms with Crippen LogP contribution in [0.4, 0.5) is 0 Å². The van der Waals surface area contributed by atoms with E-state index in [-0.39, 0.29) is 0 Å². The van der Waals surface area contributed by atoms with E-state index in [1.807, 2.05) is 19.1 Å². The average Bonchev–Trinajstić information content (AvgIpc) is 2.94. The zero-order chi connectivity index (χ0) is 16.9. The highest BCUT2D eigenvalue weighted by molar-refractivity contribution is 5.92. The molecule has 3 N–H and O–H groups in total. The number of aromatic nitrogens is 1. The highest BCUT2D eigenvalue weighted by atomic mass is 16.5. The fourth-order valence-electron chi connectivity index (χ4n) is 3.25. The fraction of sp³-hybridized carbons (Fsp3) is 0.333. The Morgan fingerprint density at radius 2 is 1.92 bits per heavy atom. The van der Waals surface area contributed by atoms with Gasteiger partial charge in [0.2, 0.25) is 0 Å². The number of hydrogen-bond acceptors (Lipinski definition) is 2. The topological polar surface area (TPSA) is 51.0 Å². The molecule has 0 aliphatic heterocycles. The summed E-state index contributed by atoms with van der Waals surface area (Å²) in [6, 6.07) is 14.9. The maximum absolute atomic E-state index is 5.85. The van der Waals surface area contributed by atoms with Crippen LogP contribution in [0, 0.1) is 6.92 Å². The quantitative estimate of drug-likeness (QED) is 0.612. The molecule has 0 fully saturated rings. The highest BCUT2D eigenvalue weighted by Crippen LogP contribution is 2.36. The average molecular weight is 322 g/mol. The summed E-state index contributed by atoms with van der Waals surface area (Å²) in [6.07, 6.45) is 3.17. The Bertz CT molecular complexity index is 820. The Morgan fingerprint density at radius 3 is 2.71 bits per heavy atom. The van der Waals surface area contributed by atoms with Gasteiger partial charge in [0, 0.05) is 16.5 Å². The molecule has 3 aromatic rings. The highest BCUT2D eigenvalue weighted by Gasteiger charge is 2.16. The van der Waals surface area contributed by atoms with E-state index in [0.29, 0.717) is 6.61 Å². The van der Waals surface area contributed by atoms with Crippen molar-refractivity contribution in [3.63, 3.8) is 0 Å². The van der Waals surface area contributed by atoms with Crippen LogP contribution in [0.5, 0.6) is 5.75 Å². The number of benzene rings is 2. The van der Waals surface area contributed by atoms with Crippen molar-refractivity contribution in [2.75, 3.05) is 13.2 Å². The summed E-state index contributed by atoms with van der Waals surface area (Å²) in [4.78, 5) is 3.62. The molecule has 3 heteroatoms. The lowest BCUT2D eigenvalue weighted by molar-refractivity contribution is 0.341. The van der Waals surface area contributed by atoms with Crippen LogP contribution in [0.25, 0.3) is 22.2 Å². The first-order chi connectivity index (χ1) is 11.7. The van der Waals surface area contributed by atoms with Crippen molar-refractivity contribution in [1.82, 2.24) is 4.98 Å². The van der Waals surface area contributed by atoms with Gasteiger partial charge in [-0.2, -0.15) is 0 Å². The maximum Gasteiger partial charge on any atom is 0.128 e. The van der Waals surface area contributed by atoms with Crippen molar-refractivity contribution in [3.8, 4) is 17.0 Å². The van der Waals surface area contributed by atoms with Crippen LogP contribution in [0.2, 0.25) is 0 Å². The number of nitrogens with one attached hydrogen (secondary N) is 1. The molecule has 0 aliphatic carbocycles. The number of hydrogen-bond donors (Lipinski definition) is 2. The van der Waals surface area contributed by atoms with E-state index >= 15 is 0 Å². The summed E-state index contributed by atoms with van der Waals surface area (Å²) in [5.74, 6) is 0.934. The van der Waals surface area contributed by atoms with Crippen LogP contribution >= 0.6 is 0 Å². The molecule has 0 saturated carbocycles. The largest absolute Gasteiger partial charge is 0.493 e. The molecule has 3 rings (SSSR count). The van der Waals surface area contributed by atoms with Gasteiger partial charge in [0.15, 0.2) is 0 Å². The molecule has 0 atom stereocenters. The SMILES string of the molecule is CCOc1ccccc1-c1[nH]c2ccc(C)cc2c1CCCCN. The van der Waals surface area contributed by atoms with Crippen LogP contribution in [0.15, 0.2) is 42.5 Å². The monoisotopic (exact) mass is 322 g/mol. The zero-order valence-corrected chi connectivity index (χ0v) is 14.6. The Balaban J connectivity index is 2.14. The first-order valence-corrected chi connectivity index (χ1v) is 8.78. The summed E-state index contributed by atoms with van der Waals surface area (Å²) < 4.78 is 5.85. The zero-order valence-electron chi connectivity index (χ0n) is 14.6. The van der Waals surface area contributed by atoms with E-state index in [0.717, 1.165) is 37.1 Å². The van der Waals surface area contributed by atoms with E-state index in [1.54, 1.807) is 0 Å². The third-order valence-corrected chi connectivity index (χ3v) is 4.40. The summed E-state index contributed by atoms with van der Waals surface area (Å²) in [7, 11) is 0.